The smallest absolute Gasteiger partial charge is 0.134 e. The molecule has 1 atom stereocenters. The van der Waals surface area contributed by atoms with E-state index in [1.54, 1.807) is 11.8 Å². The quantitative estimate of drug-likeness (QED) is 0.744. The molecule has 13 heavy (non-hydrogen) atoms. The molecule has 68 valence electrons. The van der Waals surface area contributed by atoms with Crippen LogP contribution in [-0.4, -0.2) is 10.9 Å². The van der Waals surface area contributed by atoms with Crippen LogP contribution in [0.25, 0.3) is 0 Å². The van der Waals surface area contributed by atoms with Gasteiger partial charge < -0.3 is 5.32 Å². The van der Waals surface area contributed by atoms with Crippen LogP contribution in [0, 0.1) is 0 Å². The lowest BCUT2D eigenvalue weighted by Crippen LogP contribution is -2.11. The Kier molecular flexibility index (Phi) is 2.77. The Morgan fingerprint density at radius 3 is 2.62 bits per heavy atom. The SMILES string of the molecule is S=C1NCC(c2ccc(Cl)cc2)S1. The molecule has 0 aliphatic carbocycles. The number of hydrogen-bond acceptors (Lipinski definition) is 2. The molecule has 1 fully saturated rings. The van der Waals surface area contributed by atoms with Crippen LogP contribution >= 0.6 is 35.6 Å². The van der Waals surface area contributed by atoms with Crippen molar-refractivity contribution in [3.8, 4) is 0 Å². The van der Waals surface area contributed by atoms with Crippen LogP contribution in [0.15, 0.2) is 24.3 Å². The van der Waals surface area contributed by atoms with Crippen molar-refractivity contribution in [1.82, 2.24) is 5.32 Å². The third kappa shape index (κ3) is 2.16. The number of hydrogen-bond donors (Lipinski definition) is 1. The summed E-state index contributed by atoms with van der Waals surface area (Å²) in [4.78, 5) is 0. The molecule has 1 aromatic rings. The van der Waals surface area contributed by atoms with Gasteiger partial charge in [-0.2, -0.15) is 0 Å². The zero-order valence-electron chi connectivity index (χ0n) is 6.79. The van der Waals surface area contributed by atoms with Crippen molar-refractivity contribution in [2.45, 2.75) is 5.25 Å². The Morgan fingerprint density at radius 1 is 1.38 bits per heavy atom. The summed E-state index contributed by atoms with van der Waals surface area (Å²) in [6.07, 6.45) is 0. The highest BCUT2D eigenvalue weighted by molar-refractivity contribution is 8.23. The summed E-state index contributed by atoms with van der Waals surface area (Å²) in [5.74, 6) is 0. The van der Waals surface area contributed by atoms with Crippen LogP contribution in [-0.2, 0) is 0 Å². The van der Waals surface area contributed by atoms with Crippen LogP contribution in [0.5, 0.6) is 0 Å². The molecule has 0 aromatic heterocycles. The highest BCUT2D eigenvalue weighted by Gasteiger charge is 2.20. The van der Waals surface area contributed by atoms with Crippen LogP contribution in [0.4, 0.5) is 0 Å². The van der Waals surface area contributed by atoms with Gasteiger partial charge in [0.2, 0.25) is 0 Å². The summed E-state index contributed by atoms with van der Waals surface area (Å²) in [5, 5.41) is 4.37. The topological polar surface area (TPSA) is 12.0 Å². The Bertz CT molecular complexity index is 323. The van der Waals surface area contributed by atoms with E-state index in [4.69, 9.17) is 23.8 Å². The van der Waals surface area contributed by atoms with E-state index in [9.17, 15) is 0 Å². The minimum absolute atomic E-state index is 0.449. The summed E-state index contributed by atoms with van der Waals surface area (Å²) in [5.41, 5.74) is 1.28. The normalized spacial score (nSPS) is 21.6. The van der Waals surface area contributed by atoms with E-state index in [2.05, 4.69) is 17.4 Å². The van der Waals surface area contributed by atoms with Crippen molar-refractivity contribution in [3.63, 3.8) is 0 Å². The zero-order chi connectivity index (χ0) is 9.26. The molecule has 1 aliphatic heterocycles. The molecule has 4 heteroatoms. The van der Waals surface area contributed by atoms with Gasteiger partial charge in [0.25, 0.3) is 0 Å². The Labute approximate surface area is 91.9 Å². The van der Waals surface area contributed by atoms with Gasteiger partial charge in [-0.05, 0) is 17.7 Å². The second-order valence-corrected chi connectivity index (χ2v) is 5.14. The molecule has 1 aromatic carbocycles. The molecule has 1 heterocycles. The summed E-state index contributed by atoms with van der Waals surface area (Å²) >= 11 is 12.5. The van der Waals surface area contributed by atoms with Crippen LogP contribution in [0.1, 0.15) is 10.8 Å². The number of halogens is 1. The number of thioether (sulfide) groups is 1. The number of rotatable bonds is 1. The molecule has 0 saturated carbocycles. The summed E-state index contributed by atoms with van der Waals surface area (Å²) in [6, 6.07) is 7.93. The minimum Gasteiger partial charge on any atom is -0.369 e. The summed E-state index contributed by atoms with van der Waals surface area (Å²) < 4.78 is 0.889. The first kappa shape index (κ1) is 9.31. The van der Waals surface area contributed by atoms with E-state index in [0.717, 1.165) is 15.9 Å². The molecule has 1 N–H and O–H groups in total. The Hall–Kier alpha value is -0.250. The second kappa shape index (κ2) is 3.86. The molecular formula is C9H8ClNS2. The molecule has 1 nitrogen and oxygen atoms in total. The third-order valence-electron chi connectivity index (χ3n) is 1.92. The lowest BCUT2D eigenvalue weighted by Gasteiger charge is -2.06. The lowest BCUT2D eigenvalue weighted by atomic mass is 10.1. The molecule has 0 radical (unpaired) electrons. The second-order valence-electron chi connectivity index (χ2n) is 2.83. The van der Waals surface area contributed by atoms with Gasteiger partial charge in [-0.25, -0.2) is 0 Å². The standard InChI is InChI=1S/C9H8ClNS2/c10-7-3-1-6(2-4-7)8-5-11-9(12)13-8/h1-4,8H,5H2,(H,11,12). The predicted octanol–water partition coefficient (Wildman–Crippen LogP) is 3.00. The van der Waals surface area contributed by atoms with Crippen molar-refractivity contribution in [3.05, 3.63) is 34.9 Å². The van der Waals surface area contributed by atoms with E-state index in [-0.39, 0.29) is 0 Å². The average Bonchev–Trinajstić information content (AvgIpc) is 2.53. The van der Waals surface area contributed by atoms with E-state index in [0.29, 0.717) is 5.25 Å². The van der Waals surface area contributed by atoms with Gasteiger partial charge in [0, 0.05) is 11.6 Å². The van der Waals surface area contributed by atoms with Gasteiger partial charge in [0.05, 0.1) is 5.25 Å². The third-order valence-corrected chi connectivity index (χ3v) is 3.69. The molecule has 0 bridgehead atoms. The fourth-order valence-corrected chi connectivity index (χ4v) is 2.69. The van der Waals surface area contributed by atoms with Gasteiger partial charge >= 0.3 is 0 Å². The van der Waals surface area contributed by atoms with Crippen LogP contribution in [0.3, 0.4) is 0 Å². The lowest BCUT2D eigenvalue weighted by molar-refractivity contribution is 0.888. The maximum Gasteiger partial charge on any atom is 0.134 e. The molecule has 1 aliphatic rings. The molecule has 0 amide bonds. The van der Waals surface area contributed by atoms with E-state index < -0.39 is 0 Å². The summed E-state index contributed by atoms with van der Waals surface area (Å²) in [7, 11) is 0. The highest BCUT2D eigenvalue weighted by atomic mass is 35.5. The molecule has 0 spiro atoms. The van der Waals surface area contributed by atoms with Crippen molar-refractivity contribution in [2.24, 2.45) is 0 Å². The number of nitrogens with one attached hydrogen (secondary N) is 1. The van der Waals surface area contributed by atoms with Gasteiger partial charge in [0.1, 0.15) is 4.32 Å². The number of benzene rings is 1. The molecule has 1 unspecified atom stereocenters. The van der Waals surface area contributed by atoms with E-state index in [1.165, 1.54) is 5.56 Å². The van der Waals surface area contributed by atoms with E-state index >= 15 is 0 Å². The first-order valence-electron chi connectivity index (χ1n) is 3.95. The highest BCUT2D eigenvalue weighted by Crippen LogP contribution is 2.33. The van der Waals surface area contributed by atoms with Crippen molar-refractivity contribution < 1.29 is 0 Å². The fraction of sp³-hybridized carbons (Fsp3) is 0.222. The van der Waals surface area contributed by atoms with Crippen LogP contribution < -0.4 is 5.32 Å². The van der Waals surface area contributed by atoms with Crippen molar-refractivity contribution >= 4 is 39.9 Å². The van der Waals surface area contributed by atoms with Crippen molar-refractivity contribution in [1.29, 1.82) is 0 Å². The number of thiocarbonyl (C=S) groups is 1. The molecule has 1 saturated heterocycles. The van der Waals surface area contributed by atoms with Crippen LogP contribution in [0.2, 0.25) is 5.02 Å². The fourth-order valence-electron chi connectivity index (χ4n) is 1.25. The van der Waals surface area contributed by atoms with Gasteiger partial charge in [-0.15, -0.1) is 0 Å². The van der Waals surface area contributed by atoms with Gasteiger partial charge in [0.15, 0.2) is 0 Å². The molecule has 2 rings (SSSR count). The van der Waals surface area contributed by atoms with Gasteiger partial charge in [-0.3, -0.25) is 0 Å². The van der Waals surface area contributed by atoms with Crippen molar-refractivity contribution in [2.75, 3.05) is 6.54 Å². The monoisotopic (exact) mass is 229 g/mol. The largest absolute Gasteiger partial charge is 0.369 e. The average molecular weight is 230 g/mol. The zero-order valence-corrected chi connectivity index (χ0v) is 9.18. The van der Waals surface area contributed by atoms with E-state index in [1.807, 2.05) is 12.1 Å². The summed E-state index contributed by atoms with van der Waals surface area (Å²) in [6.45, 7) is 0.922. The Balaban J connectivity index is 2.17. The molecular weight excluding hydrogens is 222 g/mol. The minimum atomic E-state index is 0.449. The first-order valence-corrected chi connectivity index (χ1v) is 5.62. The maximum absolute atomic E-state index is 5.80. The predicted molar refractivity (Wildman–Crippen MR) is 62.4 cm³/mol. The van der Waals surface area contributed by atoms with Gasteiger partial charge in [-0.1, -0.05) is 47.7 Å². The first-order chi connectivity index (χ1) is 6.25. The Morgan fingerprint density at radius 2 is 2.08 bits per heavy atom. The maximum atomic E-state index is 5.80.